The van der Waals surface area contributed by atoms with Gasteiger partial charge < -0.3 is 10.8 Å². The van der Waals surface area contributed by atoms with Gasteiger partial charge in [0.25, 0.3) is 0 Å². The van der Waals surface area contributed by atoms with E-state index in [0.29, 0.717) is 12.5 Å². The largest absolute Gasteiger partial charge is 0.395 e. The van der Waals surface area contributed by atoms with Crippen molar-refractivity contribution in [2.45, 2.75) is 39.0 Å². The molecule has 1 aromatic carbocycles. The Labute approximate surface area is 105 Å². The van der Waals surface area contributed by atoms with Crippen LogP contribution in [0.3, 0.4) is 0 Å². The summed E-state index contributed by atoms with van der Waals surface area (Å²) in [5.74, 6) is 0.576. The van der Waals surface area contributed by atoms with Crippen LogP contribution in [-0.2, 0) is 5.41 Å². The third kappa shape index (κ3) is 3.30. The van der Waals surface area contributed by atoms with Crippen molar-refractivity contribution in [2.75, 3.05) is 13.2 Å². The summed E-state index contributed by atoms with van der Waals surface area (Å²) in [6, 6.07) is 8.37. The van der Waals surface area contributed by atoms with Crippen LogP contribution in [0.5, 0.6) is 0 Å². The summed E-state index contributed by atoms with van der Waals surface area (Å²) in [4.78, 5) is 0. The Hall–Kier alpha value is -0.860. The molecule has 0 aliphatic heterocycles. The predicted octanol–water partition coefficient (Wildman–Crippen LogP) is 2.62. The molecule has 0 aliphatic rings. The first-order valence-electron chi connectivity index (χ1n) is 6.46. The zero-order valence-electron chi connectivity index (χ0n) is 11.2. The molecule has 96 valence electrons. The fourth-order valence-corrected chi connectivity index (χ4v) is 2.26. The zero-order valence-corrected chi connectivity index (χ0v) is 11.2. The van der Waals surface area contributed by atoms with Gasteiger partial charge in [0.1, 0.15) is 0 Å². The number of benzene rings is 1. The Balaban J connectivity index is 3.01. The van der Waals surface area contributed by atoms with Gasteiger partial charge in [-0.3, -0.25) is 0 Å². The fraction of sp³-hybridized carbons (Fsp3) is 0.600. The van der Waals surface area contributed by atoms with E-state index in [-0.39, 0.29) is 12.0 Å². The monoisotopic (exact) mass is 235 g/mol. The van der Waals surface area contributed by atoms with E-state index in [0.717, 1.165) is 18.4 Å². The molecule has 0 saturated carbocycles. The average Bonchev–Trinajstić information content (AvgIpc) is 2.37. The predicted molar refractivity (Wildman–Crippen MR) is 73.1 cm³/mol. The van der Waals surface area contributed by atoms with Crippen LogP contribution in [0.1, 0.15) is 37.8 Å². The Kier molecular flexibility index (Phi) is 5.16. The minimum atomic E-state index is -0.275. The van der Waals surface area contributed by atoms with Crippen molar-refractivity contribution >= 4 is 0 Å². The van der Waals surface area contributed by atoms with Crippen molar-refractivity contribution < 1.29 is 5.11 Å². The molecule has 2 heteroatoms. The number of rotatable bonds is 6. The second-order valence-electron chi connectivity index (χ2n) is 5.23. The quantitative estimate of drug-likeness (QED) is 0.796. The molecule has 0 heterocycles. The second kappa shape index (κ2) is 6.18. The molecule has 0 aliphatic carbocycles. The van der Waals surface area contributed by atoms with Crippen LogP contribution in [0.15, 0.2) is 24.3 Å². The first-order chi connectivity index (χ1) is 8.07. The van der Waals surface area contributed by atoms with Crippen molar-refractivity contribution in [3.8, 4) is 0 Å². The second-order valence-corrected chi connectivity index (χ2v) is 5.23. The highest BCUT2D eigenvalue weighted by molar-refractivity contribution is 5.29. The third-order valence-corrected chi connectivity index (χ3v) is 3.79. The maximum atomic E-state index is 9.76. The molecule has 0 spiro atoms. The van der Waals surface area contributed by atoms with Crippen LogP contribution in [-0.4, -0.2) is 18.3 Å². The minimum absolute atomic E-state index is 0.122. The van der Waals surface area contributed by atoms with E-state index < -0.39 is 0 Å². The number of hydrogen-bond acceptors (Lipinski definition) is 2. The van der Waals surface area contributed by atoms with E-state index >= 15 is 0 Å². The van der Waals surface area contributed by atoms with Gasteiger partial charge in [-0.05, 0) is 24.8 Å². The number of nitrogens with two attached hydrogens (primary N) is 1. The molecule has 0 bridgehead atoms. The molecule has 2 atom stereocenters. The lowest BCUT2D eigenvalue weighted by Gasteiger charge is -2.33. The van der Waals surface area contributed by atoms with E-state index in [1.807, 2.05) is 0 Å². The number of aryl methyl sites for hydroxylation is 1. The summed E-state index contributed by atoms with van der Waals surface area (Å²) in [5, 5.41) is 9.76. The third-order valence-electron chi connectivity index (χ3n) is 3.79. The Morgan fingerprint density at radius 1 is 1.29 bits per heavy atom. The van der Waals surface area contributed by atoms with Gasteiger partial charge in [-0.15, -0.1) is 0 Å². The van der Waals surface area contributed by atoms with Gasteiger partial charge in [-0.1, -0.05) is 50.1 Å². The highest BCUT2D eigenvalue weighted by atomic mass is 16.3. The van der Waals surface area contributed by atoms with Gasteiger partial charge in [0.05, 0.1) is 6.61 Å². The standard InChI is InChI=1S/C15H25NO/c1-4-12(2)9-15(10-16,11-17)14-7-5-13(3)6-8-14/h5-8,12,17H,4,9-11,16H2,1-3H3. The maximum Gasteiger partial charge on any atom is 0.0540 e. The summed E-state index contributed by atoms with van der Waals surface area (Å²) in [6.45, 7) is 7.09. The molecule has 0 saturated heterocycles. The lowest BCUT2D eigenvalue weighted by molar-refractivity contribution is 0.170. The highest BCUT2D eigenvalue weighted by Crippen LogP contribution is 2.31. The van der Waals surface area contributed by atoms with E-state index in [1.54, 1.807) is 0 Å². The molecule has 1 rings (SSSR count). The number of aliphatic hydroxyl groups is 1. The maximum absolute atomic E-state index is 9.76. The molecule has 2 unspecified atom stereocenters. The van der Waals surface area contributed by atoms with Crippen molar-refractivity contribution in [1.82, 2.24) is 0 Å². The number of hydrogen-bond donors (Lipinski definition) is 2. The SMILES string of the molecule is CCC(C)CC(CN)(CO)c1ccc(C)cc1. The van der Waals surface area contributed by atoms with Gasteiger partial charge in [0, 0.05) is 12.0 Å². The number of aliphatic hydroxyl groups excluding tert-OH is 1. The van der Waals surface area contributed by atoms with Crippen LogP contribution < -0.4 is 5.73 Å². The average molecular weight is 235 g/mol. The highest BCUT2D eigenvalue weighted by Gasteiger charge is 2.31. The summed E-state index contributed by atoms with van der Waals surface area (Å²) in [5.41, 5.74) is 8.05. The molecule has 3 N–H and O–H groups in total. The molecule has 17 heavy (non-hydrogen) atoms. The van der Waals surface area contributed by atoms with Gasteiger partial charge in [0.2, 0.25) is 0 Å². The lowest BCUT2D eigenvalue weighted by Crippen LogP contribution is -2.40. The van der Waals surface area contributed by atoms with Gasteiger partial charge in [0.15, 0.2) is 0 Å². The molecule has 0 radical (unpaired) electrons. The van der Waals surface area contributed by atoms with Crippen molar-refractivity contribution in [3.63, 3.8) is 0 Å². The summed E-state index contributed by atoms with van der Waals surface area (Å²) >= 11 is 0. The zero-order chi connectivity index (χ0) is 12.9. The van der Waals surface area contributed by atoms with E-state index in [9.17, 15) is 5.11 Å². The van der Waals surface area contributed by atoms with E-state index in [2.05, 4.69) is 45.0 Å². The van der Waals surface area contributed by atoms with Crippen LogP contribution in [0.2, 0.25) is 0 Å². The normalized spacial score (nSPS) is 16.5. The van der Waals surface area contributed by atoms with Crippen molar-refractivity contribution in [3.05, 3.63) is 35.4 Å². The van der Waals surface area contributed by atoms with E-state index in [1.165, 1.54) is 5.56 Å². The first-order valence-corrected chi connectivity index (χ1v) is 6.46. The summed E-state index contributed by atoms with van der Waals surface area (Å²) in [7, 11) is 0. The Morgan fingerprint density at radius 2 is 1.88 bits per heavy atom. The van der Waals surface area contributed by atoms with Crippen LogP contribution in [0, 0.1) is 12.8 Å². The van der Waals surface area contributed by atoms with Gasteiger partial charge in [-0.2, -0.15) is 0 Å². The Bertz CT molecular complexity index is 327. The van der Waals surface area contributed by atoms with Crippen LogP contribution in [0.4, 0.5) is 0 Å². The van der Waals surface area contributed by atoms with E-state index in [4.69, 9.17) is 5.73 Å². The van der Waals surface area contributed by atoms with Crippen molar-refractivity contribution in [2.24, 2.45) is 11.7 Å². The first kappa shape index (κ1) is 14.2. The summed E-state index contributed by atoms with van der Waals surface area (Å²) < 4.78 is 0. The van der Waals surface area contributed by atoms with Gasteiger partial charge in [-0.25, -0.2) is 0 Å². The lowest BCUT2D eigenvalue weighted by atomic mass is 9.74. The smallest absolute Gasteiger partial charge is 0.0540 e. The molecule has 2 nitrogen and oxygen atoms in total. The fourth-order valence-electron chi connectivity index (χ4n) is 2.26. The summed E-state index contributed by atoms with van der Waals surface area (Å²) in [6.07, 6.45) is 2.06. The molecule has 0 amide bonds. The van der Waals surface area contributed by atoms with Gasteiger partial charge >= 0.3 is 0 Å². The topological polar surface area (TPSA) is 46.2 Å². The van der Waals surface area contributed by atoms with Crippen LogP contribution in [0.25, 0.3) is 0 Å². The molecule has 0 aromatic heterocycles. The molecule has 0 fully saturated rings. The molecular weight excluding hydrogens is 210 g/mol. The van der Waals surface area contributed by atoms with Crippen molar-refractivity contribution in [1.29, 1.82) is 0 Å². The molecule has 1 aromatic rings. The minimum Gasteiger partial charge on any atom is -0.395 e. The Morgan fingerprint density at radius 3 is 2.29 bits per heavy atom. The van der Waals surface area contributed by atoms with Crippen LogP contribution >= 0.6 is 0 Å². The molecular formula is C15H25NO.